The first-order valence-electron chi connectivity index (χ1n) is 6.86. The fraction of sp³-hybridized carbons (Fsp3) is 0.333. The summed E-state index contributed by atoms with van der Waals surface area (Å²) < 4.78 is 4.05. The van der Waals surface area contributed by atoms with Gasteiger partial charge in [-0.15, -0.1) is 0 Å². The minimum absolute atomic E-state index is 1.42. The molecule has 1 saturated heterocycles. The molecule has 18 nitrogen and oxygen atoms in total. The average molecular weight is 439 g/mol. The second-order valence-corrected chi connectivity index (χ2v) is 5.45. The van der Waals surface area contributed by atoms with Crippen molar-refractivity contribution >= 4 is 47.9 Å². The molecule has 1 amide bonds. The molecule has 1 atom stereocenters. The predicted molar refractivity (Wildman–Crippen MR) is 76.4 cm³/mol. The van der Waals surface area contributed by atoms with Gasteiger partial charge < -0.3 is 45.6 Å². The van der Waals surface area contributed by atoms with E-state index in [2.05, 4.69) is 4.74 Å². The summed E-state index contributed by atoms with van der Waals surface area (Å²) in [4.78, 5) is 92.1. The highest BCUT2D eigenvalue weighted by Gasteiger charge is 2.87. The van der Waals surface area contributed by atoms with Gasteiger partial charge in [0.1, 0.15) is 0 Å². The van der Waals surface area contributed by atoms with E-state index in [1.807, 2.05) is 0 Å². The zero-order valence-electron chi connectivity index (χ0n) is 13.8. The number of carbonyl (C=O) groups is 8. The molecule has 30 heavy (non-hydrogen) atoms. The van der Waals surface area contributed by atoms with Gasteiger partial charge in [-0.25, -0.2) is 38.4 Å². The van der Waals surface area contributed by atoms with Gasteiger partial charge in [0.15, 0.2) is 6.04 Å². The number of amides is 1. The largest absolute Gasteiger partial charge is 0.480 e. The number of hydrogen-bond acceptors (Lipinski definition) is 9. The van der Waals surface area contributed by atoms with Gasteiger partial charge in [-0.05, 0) is 0 Å². The molecule has 0 aromatic rings. The van der Waals surface area contributed by atoms with Crippen LogP contribution in [0, 0.1) is 0 Å². The van der Waals surface area contributed by atoms with Crippen LogP contribution >= 0.6 is 0 Å². The summed E-state index contributed by atoms with van der Waals surface area (Å²) in [6.07, 6.45) is -3.01. The number of ether oxygens (including phenoxy) is 1. The molecule has 1 rings (SSSR count). The predicted octanol–water partition coefficient (Wildman–Crippen LogP) is -3.83. The maximum atomic E-state index is 11.8. The maximum Gasteiger partial charge on any atom is 0.409 e. The van der Waals surface area contributed by atoms with Crippen LogP contribution in [0.2, 0.25) is 0 Å². The molecule has 1 aliphatic rings. The number of hydrogen-bond donors (Lipinski definition) is 8. The van der Waals surface area contributed by atoms with E-state index in [0.29, 0.717) is 0 Å². The van der Waals surface area contributed by atoms with Crippen LogP contribution in [-0.4, -0.2) is 116 Å². The Kier molecular flexibility index (Phi) is 5.37. The van der Waals surface area contributed by atoms with Crippen molar-refractivity contribution in [3.63, 3.8) is 0 Å². The van der Waals surface area contributed by atoms with Gasteiger partial charge >= 0.3 is 53.5 Å². The van der Waals surface area contributed by atoms with Gasteiger partial charge in [0.2, 0.25) is 0 Å². The number of nitrogens with zero attached hydrogens (tertiary/aromatic N) is 1. The third kappa shape index (κ3) is 2.40. The summed E-state index contributed by atoms with van der Waals surface area (Å²) >= 11 is 0. The molecule has 0 bridgehead atoms. The summed E-state index contributed by atoms with van der Waals surface area (Å²) in [5.74, 6) is -21.4. The van der Waals surface area contributed by atoms with Crippen LogP contribution < -0.4 is 0 Å². The van der Waals surface area contributed by atoms with Gasteiger partial charge in [0, 0.05) is 0 Å². The van der Waals surface area contributed by atoms with Crippen LogP contribution in [0.4, 0.5) is 4.79 Å². The highest BCUT2D eigenvalue weighted by molar-refractivity contribution is 6.23. The Balaban J connectivity index is 4.53. The van der Waals surface area contributed by atoms with E-state index in [0.717, 1.165) is 0 Å². The van der Waals surface area contributed by atoms with Gasteiger partial charge in [-0.1, -0.05) is 0 Å². The number of carboxylic acid groups (broad SMARTS) is 8. The van der Waals surface area contributed by atoms with E-state index >= 15 is 0 Å². The molecule has 0 aliphatic carbocycles. The lowest BCUT2D eigenvalue weighted by Gasteiger charge is -2.54. The topological polar surface area (TPSA) is 311 Å². The molecule has 1 aliphatic heterocycles. The van der Waals surface area contributed by atoms with Crippen molar-refractivity contribution in [1.82, 2.24) is 4.90 Å². The van der Waals surface area contributed by atoms with E-state index in [4.69, 9.17) is 0 Å². The summed E-state index contributed by atoms with van der Waals surface area (Å²) in [6.45, 7) is 0. The van der Waals surface area contributed by atoms with Crippen molar-refractivity contribution in [3.05, 3.63) is 0 Å². The Bertz CT molecular complexity index is 858. The third-order valence-corrected chi connectivity index (χ3v) is 4.13. The molecule has 1 fully saturated rings. The average Bonchev–Trinajstić information content (AvgIpc) is 2.57. The summed E-state index contributed by atoms with van der Waals surface area (Å²) in [7, 11) is 0. The summed E-state index contributed by atoms with van der Waals surface area (Å²) in [5, 5.41) is 74.4. The molecular formula is C12H9NO17. The zero-order chi connectivity index (χ0) is 24.0. The van der Waals surface area contributed by atoms with Crippen LogP contribution in [0.15, 0.2) is 0 Å². The monoisotopic (exact) mass is 439 g/mol. The van der Waals surface area contributed by atoms with Crippen molar-refractivity contribution < 1.29 is 83.9 Å². The van der Waals surface area contributed by atoms with Gasteiger partial charge in [0.25, 0.3) is 11.1 Å². The second kappa shape index (κ2) is 6.84. The van der Waals surface area contributed by atoms with Gasteiger partial charge in [0.05, 0.1) is 0 Å². The molecular weight excluding hydrogens is 430 g/mol. The summed E-state index contributed by atoms with van der Waals surface area (Å²) in [6, 6.07) is -3.79. The number of rotatable bonds is 7. The highest BCUT2D eigenvalue weighted by Crippen LogP contribution is 2.47. The Morgan fingerprint density at radius 2 is 0.967 bits per heavy atom. The number of aliphatic carboxylic acids is 7. The first-order valence-corrected chi connectivity index (χ1v) is 6.86. The highest BCUT2D eigenvalue weighted by atomic mass is 16.6. The number of carboxylic acids is 7. The normalized spacial score (nSPS) is 21.1. The first kappa shape index (κ1) is 23.6. The van der Waals surface area contributed by atoms with E-state index in [-0.39, 0.29) is 0 Å². The van der Waals surface area contributed by atoms with Crippen molar-refractivity contribution in [2.24, 2.45) is 0 Å². The third-order valence-electron chi connectivity index (χ3n) is 4.13. The zero-order valence-corrected chi connectivity index (χ0v) is 13.8. The van der Waals surface area contributed by atoms with Crippen LogP contribution in [-0.2, 0) is 38.3 Å². The number of morpholine rings is 1. The van der Waals surface area contributed by atoms with E-state index in [1.165, 1.54) is 0 Å². The fourth-order valence-electron chi connectivity index (χ4n) is 2.95. The molecule has 1 unspecified atom stereocenters. The first-order chi connectivity index (χ1) is 13.5. The molecule has 0 spiro atoms. The Labute approximate surface area is 160 Å². The van der Waals surface area contributed by atoms with Crippen LogP contribution in [0.1, 0.15) is 0 Å². The van der Waals surface area contributed by atoms with Crippen molar-refractivity contribution in [1.29, 1.82) is 0 Å². The van der Waals surface area contributed by atoms with Crippen molar-refractivity contribution in [2.45, 2.75) is 22.8 Å². The Hall–Kier alpha value is -4.48. The van der Waals surface area contributed by atoms with Crippen LogP contribution in [0.25, 0.3) is 0 Å². The molecule has 164 valence electrons. The van der Waals surface area contributed by atoms with Crippen molar-refractivity contribution in [2.75, 3.05) is 0 Å². The van der Waals surface area contributed by atoms with Crippen molar-refractivity contribution in [3.8, 4) is 0 Å². The van der Waals surface area contributed by atoms with Crippen LogP contribution in [0.3, 0.4) is 0 Å². The Morgan fingerprint density at radius 3 is 1.17 bits per heavy atom. The lowest BCUT2D eigenvalue weighted by atomic mass is 9.71. The van der Waals surface area contributed by atoms with E-state index < -0.39 is 75.6 Å². The smallest absolute Gasteiger partial charge is 0.409 e. The molecule has 8 N–H and O–H groups in total. The molecule has 0 saturated carbocycles. The molecule has 0 aromatic carbocycles. The van der Waals surface area contributed by atoms with Gasteiger partial charge in [-0.3, -0.25) is 4.90 Å². The summed E-state index contributed by atoms with van der Waals surface area (Å²) in [5.41, 5.74) is -14.5. The van der Waals surface area contributed by atoms with Gasteiger partial charge in [-0.2, -0.15) is 0 Å². The lowest BCUT2D eigenvalue weighted by molar-refractivity contribution is -0.276. The second-order valence-electron chi connectivity index (χ2n) is 5.45. The quantitative estimate of drug-likeness (QED) is 0.176. The minimum Gasteiger partial charge on any atom is -0.480 e. The van der Waals surface area contributed by atoms with E-state index in [9.17, 15) is 79.2 Å². The van der Waals surface area contributed by atoms with Crippen LogP contribution in [0.5, 0.6) is 0 Å². The molecule has 1 heterocycles. The van der Waals surface area contributed by atoms with E-state index in [1.54, 1.807) is 0 Å². The minimum atomic E-state index is -4.99. The maximum absolute atomic E-state index is 11.8. The standard InChI is InChI=1S/C12H9NO17/c14-2(15)1-10(3(16)17,4(18)19)30-12(7(24)25,8(26)27)11(5(20)21,6(22)23)13(1)9(28)29/h1H,(H,14,15)(H,16,17)(H,18,19)(H,20,21)(H,22,23)(H,24,25)(H,26,27)(H,28,29). The SMILES string of the molecule is O=C(O)C1N(C(=O)O)C(C(=O)O)(C(=O)O)C(C(=O)O)(C(=O)O)OC1(C(=O)O)C(=O)O. The Morgan fingerprint density at radius 1 is 0.600 bits per heavy atom. The molecule has 0 aromatic heterocycles. The lowest BCUT2D eigenvalue weighted by Crippen LogP contribution is -2.90. The molecule has 18 heteroatoms. The fourth-order valence-corrected chi connectivity index (χ4v) is 2.95. The molecule has 0 radical (unpaired) electrons.